The van der Waals surface area contributed by atoms with Gasteiger partial charge in [0.05, 0.1) is 0 Å². The molecule has 1 fully saturated rings. The average Bonchev–Trinajstić information content (AvgIpc) is 3.21. The summed E-state index contributed by atoms with van der Waals surface area (Å²) in [5.41, 5.74) is 0.874. The number of benzene rings is 1. The first-order valence-electron chi connectivity index (χ1n) is 7.78. The van der Waals surface area contributed by atoms with Crippen LogP contribution in [0.25, 0.3) is 0 Å². The molecule has 116 valence electrons. The minimum Gasteiger partial charge on any atom is -0.335 e. The van der Waals surface area contributed by atoms with E-state index in [1.54, 1.807) is 17.4 Å². The predicted octanol–water partition coefficient (Wildman–Crippen LogP) is 4.40. The van der Waals surface area contributed by atoms with Gasteiger partial charge in [-0.3, -0.25) is 4.79 Å². The van der Waals surface area contributed by atoms with Gasteiger partial charge in [-0.05, 0) is 54.8 Å². The summed E-state index contributed by atoms with van der Waals surface area (Å²) in [6, 6.07) is 11.1. The fourth-order valence-corrected chi connectivity index (χ4v) is 3.40. The van der Waals surface area contributed by atoms with Crippen molar-refractivity contribution in [2.75, 3.05) is 0 Å². The Kier molecular flexibility index (Phi) is 4.88. The molecule has 1 amide bonds. The van der Waals surface area contributed by atoms with Gasteiger partial charge >= 0.3 is 0 Å². The number of carbonyl (C=O) groups is 1. The number of thiophene rings is 1. The molecule has 0 saturated heterocycles. The van der Waals surface area contributed by atoms with Crippen LogP contribution >= 0.6 is 11.3 Å². The molecule has 1 saturated carbocycles. The minimum absolute atomic E-state index is 0.198. The minimum atomic E-state index is -0.238. The quantitative estimate of drug-likeness (QED) is 0.741. The fourth-order valence-electron chi connectivity index (χ4n) is 2.65. The summed E-state index contributed by atoms with van der Waals surface area (Å²) in [6.07, 6.45) is 4.56. The van der Waals surface area contributed by atoms with E-state index in [1.807, 2.05) is 17.0 Å². The monoisotopic (exact) mass is 317 g/mol. The number of hydrogen-bond donors (Lipinski definition) is 0. The molecule has 1 aromatic carbocycles. The lowest BCUT2D eigenvalue weighted by molar-refractivity contribution is -0.132. The summed E-state index contributed by atoms with van der Waals surface area (Å²) in [7, 11) is 0. The van der Waals surface area contributed by atoms with Crippen LogP contribution in [0.3, 0.4) is 0 Å². The summed E-state index contributed by atoms with van der Waals surface area (Å²) in [5.74, 6) is -0.0401. The highest BCUT2D eigenvalue weighted by Gasteiger charge is 2.32. The predicted molar refractivity (Wildman–Crippen MR) is 87.2 cm³/mol. The number of halogens is 1. The van der Waals surface area contributed by atoms with E-state index < -0.39 is 0 Å². The molecule has 0 aliphatic heterocycles. The van der Waals surface area contributed by atoms with Crippen LogP contribution in [0.1, 0.15) is 36.1 Å². The average molecular weight is 317 g/mol. The van der Waals surface area contributed by atoms with Gasteiger partial charge in [-0.15, -0.1) is 11.3 Å². The van der Waals surface area contributed by atoms with Crippen LogP contribution in [0, 0.1) is 5.82 Å². The third-order valence-electron chi connectivity index (χ3n) is 3.94. The van der Waals surface area contributed by atoms with Crippen LogP contribution in [0.2, 0.25) is 0 Å². The summed E-state index contributed by atoms with van der Waals surface area (Å²) >= 11 is 1.74. The number of hydrogen-bond acceptors (Lipinski definition) is 2. The van der Waals surface area contributed by atoms with Gasteiger partial charge < -0.3 is 4.90 Å². The first-order chi connectivity index (χ1) is 10.7. The van der Waals surface area contributed by atoms with E-state index in [4.69, 9.17) is 0 Å². The smallest absolute Gasteiger partial charge is 0.223 e. The lowest BCUT2D eigenvalue weighted by Gasteiger charge is -2.22. The molecule has 0 radical (unpaired) electrons. The second-order valence-electron chi connectivity index (χ2n) is 5.82. The van der Waals surface area contributed by atoms with Crippen molar-refractivity contribution < 1.29 is 9.18 Å². The van der Waals surface area contributed by atoms with E-state index in [2.05, 4.69) is 11.4 Å². The Morgan fingerprint density at radius 1 is 1.27 bits per heavy atom. The SMILES string of the molecule is O=C(CCCc1cccs1)N(Cc1cccc(F)c1)C1CC1. The van der Waals surface area contributed by atoms with E-state index in [9.17, 15) is 9.18 Å². The third-order valence-corrected chi connectivity index (χ3v) is 4.88. The summed E-state index contributed by atoms with van der Waals surface area (Å²) in [6.45, 7) is 0.528. The molecule has 3 rings (SSSR count). The maximum atomic E-state index is 13.3. The molecule has 2 nitrogen and oxygen atoms in total. The van der Waals surface area contributed by atoms with Crippen LogP contribution in [0.15, 0.2) is 41.8 Å². The highest BCUT2D eigenvalue weighted by molar-refractivity contribution is 7.09. The molecule has 4 heteroatoms. The van der Waals surface area contributed by atoms with Crippen molar-refractivity contribution in [3.8, 4) is 0 Å². The van der Waals surface area contributed by atoms with Gasteiger partial charge in [0, 0.05) is 23.9 Å². The van der Waals surface area contributed by atoms with Crippen molar-refractivity contribution >= 4 is 17.2 Å². The van der Waals surface area contributed by atoms with Gasteiger partial charge in [-0.25, -0.2) is 4.39 Å². The normalized spacial score (nSPS) is 14.0. The Morgan fingerprint density at radius 3 is 2.82 bits per heavy atom. The highest BCUT2D eigenvalue weighted by atomic mass is 32.1. The van der Waals surface area contributed by atoms with E-state index in [-0.39, 0.29) is 11.7 Å². The topological polar surface area (TPSA) is 20.3 Å². The zero-order chi connectivity index (χ0) is 15.4. The molecular formula is C18H20FNOS. The molecular weight excluding hydrogens is 297 g/mol. The summed E-state index contributed by atoms with van der Waals surface area (Å²) in [4.78, 5) is 15.7. The second kappa shape index (κ2) is 7.05. The summed E-state index contributed by atoms with van der Waals surface area (Å²) in [5, 5.41) is 2.07. The molecule has 1 aromatic heterocycles. The van der Waals surface area contributed by atoms with E-state index >= 15 is 0 Å². The molecule has 0 spiro atoms. The first-order valence-corrected chi connectivity index (χ1v) is 8.66. The molecule has 1 heterocycles. The Morgan fingerprint density at radius 2 is 2.14 bits per heavy atom. The van der Waals surface area contributed by atoms with Gasteiger partial charge in [-0.2, -0.15) is 0 Å². The van der Waals surface area contributed by atoms with Gasteiger partial charge in [0.15, 0.2) is 0 Å². The van der Waals surface area contributed by atoms with Crippen molar-refractivity contribution in [1.29, 1.82) is 0 Å². The molecule has 0 bridgehead atoms. The maximum absolute atomic E-state index is 13.3. The van der Waals surface area contributed by atoms with E-state index in [0.29, 0.717) is 19.0 Å². The lowest BCUT2D eigenvalue weighted by Crippen LogP contribution is -2.32. The number of nitrogens with zero attached hydrogens (tertiary/aromatic N) is 1. The van der Waals surface area contributed by atoms with E-state index in [0.717, 1.165) is 31.2 Å². The first kappa shape index (κ1) is 15.2. The standard InChI is InChI=1S/C18H20FNOS/c19-15-5-1-4-14(12-15)13-20(16-9-10-16)18(21)8-2-6-17-7-3-11-22-17/h1,3-5,7,11-12,16H,2,6,8-10,13H2. The van der Waals surface area contributed by atoms with Crippen molar-refractivity contribution in [1.82, 2.24) is 4.90 Å². The van der Waals surface area contributed by atoms with Crippen molar-refractivity contribution in [2.45, 2.75) is 44.7 Å². The third kappa shape index (κ3) is 4.17. The molecule has 0 atom stereocenters. The van der Waals surface area contributed by atoms with Gasteiger partial charge in [0.25, 0.3) is 0 Å². The van der Waals surface area contributed by atoms with Crippen molar-refractivity contribution in [2.24, 2.45) is 0 Å². The van der Waals surface area contributed by atoms with Crippen molar-refractivity contribution in [3.63, 3.8) is 0 Å². The van der Waals surface area contributed by atoms with Crippen LogP contribution < -0.4 is 0 Å². The summed E-state index contributed by atoms with van der Waals surface area (Å²) < 4.78 is 13.3. The number of amides is 1. The molecule has 0 unspecified atom stereocenters. The molecule has 1 aliphatic carbocycles. The molecule has 0 N–H and O–H groups in total. The lowest BCUT2D eigenvalue weighted by atomic mass is 10.1. The molecule has 2 aromatic rings. The zero-order valence-corrected chi connectivity index (χ0v) is 13.3. The molecule has 1 aliphatic rings. The second-order valence-corrected chi connectivity index (χ2v) is 6.85. The highest BCUT2D eigenvalue weighted by Crippen LogP contribution is 2.29. The Bertz CT molecular complexity index is 622. The van der Waals surface area contributed by atoms with Gasteiger partial charge in [-0.1, -0.05) is 18.2 Å². The fraction of sp³-hybridized carbons (Fsp3) is 0.389. The number of carbonyl (C=O) groups excluding carboxylic acids is 1. The Labute approximate surface area is 134 Å². The Balaban J connectivity index is 1.55. The number of rotatable bonds is 7. The Hall–Kier alpha value is -1.68. The van der Waals surface area contributed by atoms with Crippen LogP contribution in [0.5, 0.6) is 0 Å². The van der Waals surface area contributed by atoms with Crippen LogP contribution in [0.4, 0.5) is 4.39 Å². The van der Waals surface area contributed by atoms with Crippen molar-refractivity contribution in [3.05, 3.63) is 58.0 Å². The van der Waals surface area contributed by atoms with E-state index in [1.165, 1.54) is 17.0 Å². The molecule has 22 heavy (non-hydrogen) atoms. The van der Waals surface area contributed by atoms with Gasteiger partial charge in [0.2, 0.25) is 5.91 Å². The van der Waals surface area contributed by atoms with Crippen LogP contribution in [-0.2, 0) is 17.8 Å². The largest absolute Gasteiger partial charge is 0.335 e. The zero-order valence-electron chi connectivity index (χ0n) is 12.5. The number of aryl methyl sites for hydroxylation is 1. The van der Waals surface area contributed by atoms with Gasteiger partial charge in [0.1, 0.15) is 5.82 Å². The van der Waals surface area contributed by atoms with Crippen LogP contribution in [-0.4, -0.2) is 16.8 Å². The maximum Gasteiger partial charge on any atom is 0.223 e.